The summed E-state index contributed by atoms with van der Waals surface area (Å²) in [6, 6.07) is 7.51. The van der Waals surface area contributed by atoms with Crippen molar-refractivity contribution in [3.63, 3.8) is 0 Å². The maximum atomic E-state index is 11.6. The molecule has 2 rings (SSSR count). The highest BCUT2D eigenvalue weighted by Gasteiger charge is 2.20. The number of likely N-dealkylation sites (N-methyl/N-ethyl adjacent to an activating group) is 1. The van der Waals surface area contributed by atoms with E-state index in [1.165, 1.54) is 0 Å². The molecule has 0 aromatic heterocycles. The third-order valence-corrected chi connectivity index (χ3v) is 2.35. The molecular weight excluding hydrogens is 178 g/mol. The van der Waals surface area contributed by atoms with Crippen molar-refractivity contribution in [1.82, 2.24) is 5.32 Å². The molecule has 1 aromatic carbocycles. The van der Waals surface area contributed by atoms with Gasteiger partial charge in [0.05, 0.1) is 11.4 Å². The van der Waals surface area contributed by atoms with Crippen LogP contribution in [0.25, 0.3) is 0 Å². The first-order chi connectivity index (χ1) is 6.81. The summed E-state index contributed by atoms with van der Waals surface area (Å²) in [4.78, 5) is 11.6. The largest absolute Gasteiger partial charge is 0.381 e. The molecule has 4 nitrogen and oxygen atoms in total. The molecule has 74 valence electrons. The number of rotatable bonds is 1. The number of anilines is 2. The van der Waals surface area contributed by atoms with Gasteiger partial charge in [-0.15, -0.1) is 0 Å². The van der Waals surface area contributed by atoms with E-state index in [2.05, 4.69) is 16.0 Å². The van der Waals surface area contributed by atoms with Gasteiger partial charge in [0.25, 0.3) is 0 Å². The minimum absolute atomic E-state index is 0.00458. The normalized spacial score (nSPS) is 20.4. The highest BCUT2D eigenvalue weighted by molar-refractivity contribution is 5.99. The second-order valence-corrected chi connectivity index (χ2v) is 3.26. The summed E-state index contributed by atoms with van der Waals surface area (Å²) in [6.07, 6.45) is 0. The van der Waals surface area contributed by atoms with Gasteiger partial charge in [0.2, 0.25) is 5.91 Å². The zero-order chi connectivity index (χ0) is 9.97. The Labute approximate surface area is 82.7 Å². The smallest absolute Gasteiger partial charge is 0.243 e. The van der Waals surface area contributed by atoms with Gasteiger partial charge < -0.3 is 16.0 Å². The Morgan fingerprint density at radius 3 is 2.79 bits per heavy atom. The van der Waals surface area contributed by atoms with Gasteiger partial charge in [-0.1, -0.05) is 12.1 Å². The number of benzene rings is 1. The number of para-hydroxylation sites is 2. The number of hydrogen-bond acceptors (Lipinski definition) is 3. The molecule has 1 aromatic rings. The Kier molecular flexibility index (Phi) is 2.37. The Balaban J connectivity index is 2.28. The van der Waals surface area contributed by atoms with Crippen LogP contribution in [0.15, 0.2) is 24.3 Å². The van der Waals surface area contributed by atoms with Crippen LogP contribution in [0, 0.1) is 0 Å². The van der Waals surface area contributed by atoms with Crippen LogP contribution in [0.4, 0.5) is 11.4 Å². The van der Waals surface area contributed by atoms with Crippen molar-refractivity contribution in [2.45, 2.75) is 6.04 Å². The van der Waals surface area contributed by atoms with Crippen molar-refractivity contribution in [2.75, 3.05) is 24.2 Å². The van der Waals surface area contributed by atoms with E-state index in [-0.39, 0.29) is 11.9 Å². The first-order valence-corrected chi connectivity index (χ1v) is 4.62. The Hall–Kier alpha value is -1.55. The van der Waals surface area contributed by atoms with Crippen LogP contribution in [-0.4, -0.2) is 25.5 Å². The third-order valence-electron chi connectivity index (χ3n) is 2.35. The molecule has 1 atom stereocenters. The minimum atomic E-state index is -0.178. The second-order valence-electron chi connectivity index (χ2n) is 3.26. The molecule has 1 aliphatic heterocycles. The second kappa shape index (κ2) is 3.67. The zero-order valence-electron chi connectivity index (χ0n) is 8.00. The zero-order valence-corrected chi connectivity index (χ0v) is 8.00. The van der Waals surface area contributed by atoms with E-state index in [9.17, 15) is 4.79 Å². The molecule has 0 aliphatic carbocycles. The Morgan fingerprint density at radius 2 is 2.07 bits per heavy atom. The summed E-state index contributed by atoms with van der Waals surface area (Å²) in [7, 11) is 1.78. The maximum Gasteiger partial charge on any atom is 0.243 e. The van der Waals surface area contributed by atoms with E-state index in [0.29, 0.717) is 6.54 Å². The molecule has 1 amide bonds. The summed E-state index contributed by atoms with van der Waals surface area (Å²) in [6.45, 7) is 0.610. The van der Waals surface area contributed by atoms with Gasteiger partial charge in [0, 0.05) is 6.54 Å². The number of hydrogen-bond donors (Lipinski definition) is 3. The average molecular weight is 191 g/mol. The lowest BCUT2D eigenvalue weighted by Gasteiger charge is -2.10. The van der Waals surface area contributed by atoms with Crippen LogP contribution < -0.4 is 16.0 Å². The van der Waals surface area contributed by atoms with Crippen molar-refractivity contribution < 1.29 is 4.79 Å². The lowest BCUT2D eigenvalue weighted by molar-refractivity contribution is -0.117. The van der Waals surface area contributed by atoms with Gasteiger partial charge in [-0.3, -0.25) is 4.79 Å². The molecule has 0 spiro atoms. The van der Waals surface area contributed by atoms with Gasteiger partial charge in [-0.2, -0.15) is 0 Å². The van der Waals surface area contributed by atoms with Gasteiger partial charge in [0.15, 0.2) is 0 Å². The molecule has 3 N–H and O–H groups in total. The Bertz CT molecular complexity index is 351. The summed E-state index contributed by atoms with van der Waals surface area (Å²) in [5.74, 6) is 0.00458. The molecule has 0 saturated heterocycles. The van der Waals surface area contributed by atoms with Crippen LogP contribution in [0.5, 0.6) is 0 Å². The van der Waals surface area contributed by atoms with Crippen molar-refractivity contribution in [3.8, 4) is 0 Å². The third kappa shape index (κ3) is 1.56. The molecule has 0 bridgehead atoms. The topological polar surface area (TPSA) is 53.2 Å². The van der Waals surface area contributed by atoms with E-state index in [1.54, 1.807) is 7.05 Å². The number of nitrogens with one attached hydrogen (secondary N) is 3. The van der Waals surface area contributed by atoms with E-state index in [4.69, 9.17) is 0 Å². The minimum Gasteiger partial charge on any atom is -0.381 e. The first-order valence-electron chi connectivity index (χ1n) is 4.62. The number of amides is 1. The molecule has 1 aliphatic rings. The predicted octanol–water partition coefficient (Wildman–Crippen LogP) is 0.639. The van der Waals surface area contributed by atoms with Crippen molar-refractivity contribution in [3.05, 3.63) is 24.3 Å². The summed E-state index contributed by atoms with van der Waals surface area (Å²) in [5.41, 5.74) is 1.81. The van der Waals surface area contributed by atoms with Crippen LogP contribution >= 0.6 is 0 Å². The highest BCUT2D eigenvalue weighted by Crippen LogP contribution is 2.22. The fourth-order valence-electron chi connectivity index (χ4n) is 1.50. The lowest BCUT2D eigenvalue weighted by atomic mass is 10.2. The molecular formula is C10H13N3O. The predicted molar refractivity (Wildman–Crippen MR) is 56.4 cm³/mol. The van der Waals surface area contributed by atoms with Crippen LogP contribution in [0.3, 0.4) is 0 Å². The quantitative estimate of drug-likeness (QED) is 0.610. The van der Waals surface area contributed by atoms with Gasteiger partial charge in [0.1, 0.15) is 6.04 Å². The lowest BCUT2D eigenvalue weighted by Crippen LogP contribution is -2.41. The number of fused-ring (bicyclic) bond motifs is 1. The van der Waals surface area contributed by atoms with Gasteiger partial charge in [-0.25, -0.2) is 0 Å². The van der Waals surface area contributed by atoms with Crippen molar-refractivity contribution in [2.24, 2.45) is 0 Å². The van der Waals surface area contributed by atoms with Gasteiger partial charge >= 0.3 is 0 Å². The number of carbonyl (C=O) groups excluding carboxylic acids is 1. The first kappa shape index (κ1) is 9.02. The standard InChI is InChI=1S/C10H13N3O/c1-11-9-6-12-7-4-2-3-5-8(7)13-10(9)14/h2-5,9,11-12H,6H2,1H3,(H,13,14)/t9-/m0/s1. The maximum absolute atomic E-state index is 11.6. The van der Waals surface area contributed by atoms with E-state index >= 15 is 0 Å². The van der Waals surface area contributed by atoms with Crippen LogP contribution in [0.2, 0.25) is 0 Å². The van der Waals surface area contributed by atoms with E-state index < -0.39 is 0 Å². The molecule has 4 heteroatoms. The summed E-state index contributed by atoms with van der Waals surface area (Å²) < 4.78 is 0. The van der Waals surface area contributed by atoms with Crippen LogP contribution in [0.1, 0.15) is 0 Å². The SMILES string of the molecule is CN[C@H]1CNc2ccccc2NC1=O. The summed E-state index contributed by atoms with van der Waals surface area (Å²) in [5, 5.41) is 9.02. The Morgan fingerprint density at radius 1 is 1.36 bits per heavy atom. The van der Waals surface area contributed by atoms with E-state index in [1.807, 2.05) is 24.3 Å². The molecule has 1 heterocycles. The number of carbonyl (C=O) groups is 1. The highest BCUT2D eigenvalue weighted by atomic mass is 16.2. The molecule has 0 fully saturated rings. The fourth-order valence-corrected chi connectivity index (χ4v) is 1.50. The fraction of sp³-hybridized carbons (Fsp3) is 0.300. The molecule has 0 saturated carbocycles. The monoisotopic (exact) mass is 191 g/mol. The van der Waals surface area contributed by atoms with Gasteiger partial charge in [-0.05, 0) is 19.2 Å². The summed E-state index contributed by atoms with van der Waals surface area (Å²) >= 11 is 0. The van der Waals surface area contributed by atoms with Crippen LogP contribution in [-0.2, 0) is 4.79 Å². The average Bonchev–Trinajstić information content (AvgIpc) is 2.36. The van der Waals surface area contributed by atoms with E-state index in [0.717, 1.165) is 11.4 Å². The van der Waals surface area contributed by atoms with Crippen molar-refractivity contribution >= 4 is 17.3 Å². The molecule has 0 radical (unpaired) electrons. The van der Waals surface area contributed by atoms with Crippen molar-refractivity contribution in [1.29, 1.82) is 0 Å². The molecule has 0 unspecified atom stereocenters. The molecule has 14 heavy (non-hydrogen) atoms.